The molecule has 0 radical (unpaired) electrons. The summed E-state index contributed by atoms with van der Waals surface area (Å²) >= 11 is 7.35. The van der Waals surface area contributed by atoms with Crippen molar-refractivity contribution in [2.24, 2.45) is 0 Å². The number of nitrogens with one attached hydrogen (secondary N) is 1. The molecule has 0 atom stereocenters. The minimum atomic E-state index is 0.442. The summed E-state index contributed by atoms with van der Waals surface area (Å²) in [5.41, 5.74) is 1.30. The molecule has 74 valence electrons. The number of hydrogen-bond donors (Lipinski definition) is 1. The van der Waals surface area contributed by atoms with Crippen molar-refractivity contribution < 1.29 is 4.42 Å². The van der Waals surface area contributed by atoms with Crippen LogP contribution in [0.3, 0.4) is 0 Å². The van der Waals surface area contributed by atoms with Gasteiger partial charge in [-0.1, -0.05) is 0 Å². The Hall–Kier alpha value is -0.770. The first-order chi connectivity index (χ1) is 6.84. The normalized spacial score (nSPS) is 10.6. The highest BCUT2D eigenvalue weighted by Gasteiger charge is 1.99. The van der Waals surface area contributed by atoms with Gasteiger partial charge < -0.3 is 9.73 Å². The quantitative estimate of drug-likeness (QED) is 0.867. The molecule has 0 spiro atoms. The molecule has 0 unspecified atom stereocenters. The highest BCUT2D eigenvalue weighted by Crippen LogP contribution is 2.13. The van der Waals surface area contributed by atoms with Crippen LogP contribution in [-0.2, 0) is 13.1 Å². The second-order valence-electron chi connectivity index (χ2n) is 2.94. The van der Waals surface area contributed by atoms with Gasteiger partial charge in [-0.05, 0) is 46.1 Å². The van der Waals surface area contributed by atoms with Gasteiger partial charge in [-0.3, -0.25) is 0 Å². The summed E-state index contributed by atoms with van der Waals surface area (Å²) in [6.07, 6.45) is 0. The minimum Gasteiger partial charge on any atom is -0.448 e. The van der Waals surface area contributed by atoms with Gasteiger partial charge >= 0.3 is 0 Å². The number of hydrogen-bond acceptors (Lipinski definition) is 3. The van der Waals surface area contributed by atoms with Crippen molar-refractivity contribution in [1.29, 1.82) is 0 Å². The Morgan fingerprint density at radius 2 is 2.21 bits per heavy atom. The summed E-state index contributed by atoms with van der Waals surface area (Å²) in [6, 6.07) is 5.74. The lowest BCUT2D eigenvalue weighted by Crippen LogP contribution is -2.11. The Morgan fingerprint density at radius 1 is 1.29 bits per heavy atom. The fraction of sp³-hybridized carbons (Fsp3) is 0.200. The molecule has 14 heavy (non-hydrogen) atoms. The second kappa shape index (κ2) is 4.64. The molecule has 2 aromatic heterocycles. The van der Waals surface area contributed by atoms with Crippen molar-refractivity contribution in [3.63, 3.8) is 0 Å². The Bertz CT molecular complexity index is 382. The summed E-state index contributed by atoms with van der Waals surface area (Å²) in [5, 5.41) is 7.91. The van der Waals surface area contributed by atoms with E-state index in [-0.39, 0.29) is 0 Å². The van der Waals surface area contributed by atoms with Crippen molar-refractivity contribution >= 4 is 22.9 Å². The van der Waals surface area contributed by atoms with Crippen LogP contribution in [0.1, 0.15) is 11.3 Å². The summed E-state index contributed by atoms with van der Waals surface area (Å²) in [4.78, 5) is 0. The average molecular weight is 228 g/mol. The Labute approximate surface area is 91.5 Å². The van der Waals surface area contributed by atoms with Gasteiger partial charge in [0.15, 0.2) is 5.22 Å². The predicted molar refractivity (Wildman–Crippen MR) is 58.6 cm³/mol. The van der Waals surface area contributed by atoms with Crippen molar-refractivity contribution in [2.45, 2.75) is 13.1 Å². The zero-order valence-electron chi connectivity index (χ0n) is 7.50. The summed E-state index contributed by atoms with van der Waals surface area (Å²) in [5.74, 6) is 0.866. The molecule has 2 rings (SSSR count). The molecule has 4 heteroatoms. The molecule has 0 aliphatic heterocycles. The van der Waals surface area contributed by atoms with E-state index in [2.05, 4.69) is 22.1 Å². The van der Waals surface area contributed by atoms with Crippen LogP contribution in [0, 0.1) is 0 Å². The van der Waals surface area contributed by atoms with E-state index in [1.165, 1.54) is 5.56 Å². The van der Waals surface area contributed by atoms with Gasteiger partial charge in [0.25, 0.3) is 0 Å². The first kappa shape index (κ1) is 9.77. The van der Waals surface area contributed by atoms with Crippen molar-refractivity contribution in [2.75, 3.05) is 0 Å². The van der Waals surface area contributed by atoms with Gasteiger partial charge in [-0.15, -0.1) is 0 Å². The zero-order valence-corrected chi connectivity index (χ0v) is 9.07. The molecule has 0 amide bonds. The second-order valence-corrected chi connectivity index (χ2v) is 4.09. The van der Waals surface area contributed by atoms with Crippen LogP contribution in [-0.4, -0.2) is 0 Å². The lowest BCUT2D eigenvalue weighted by Gasteiger charge is -1.99. The van der Waals surface area contributed by atoms with E-state index >= 15 is 0 Å². The highest BCUT2D eigenvalue weighted by atomic mass is 35.5. The van der Waals surface area contributed by atoms with Gasteiger partial charge in [0.05, 0.1) is 6.54 Å². The fourth-order valence-corrected chi connectivity index (χ4v) is 2.00. The van der Waals surface area contributed by atoms with E-state index in [1.54, 1.807) is 17.4 Å². The van der Waals surface area contributed by atoms with Crippen molar-refractivity contribution in [1.82, 2.24) is 5.32 Å². The van der Waals surface area contributed by atoms with Crippen LogP contribution < -0.4 is 5.32 Å². The minimum absolute atomic E-state index is 0.442. The largest absolute Gasteiger partial charge is 0.448 e. The molecule has 0 aliphatic carbocycles. The molecular weight excluding hydrogens is 218 g/mol. The van der Waals surface area contributed by atoms with E-state index in [1.807, 2.05) is 6.07 Å². The van der Waals surface area contributed by atoms with Crippen LogP contribution in [0.15, 0.2) is 33.4 Å². The Kier molecular flexibility index (Phi) is 3.24. The van der Waals surface area contributed by atoms with Crippen LogP contribution in [0.25, 0.3) is 0 Å². The van der Waals surface area contributed by atoms with Crippen LogP contribution in [0.4, 0.5) is 0 Å². The van der Waals surface area contributed by atoms with Gasteiger partial charge in [-0.25, -0.2) is 0 Å². The molecule has 2 nitrogen and oxygen atoms in total. The maximum atomic E-state index is 5.65. The lowest BCUT2D eigenvalue weighted by atomic mass is 10.3. The molecule has 2 heterocycles. The van der Waals surface area contributed by atoms with E-state index < -0.39 is 0 Å². The van der Waals surface area contributed by atoms with Crippen molar-refractivity contribution in [3.8, 4) is 0 Å². The van der Waals surface area contributed by atoms with Gasteiger partial charge in [0.2, 0.25) is 0 Å². The van der Waals surface area contributed by atoms with E-state index in [9.17, 15) is 0 Å². The van der Waals surface area contributed by atoms with Gasteiger partial charge in [0, 0.05) is 6.54 Å². The van der Waals surface area contributed by atoms with Crippen LogP contribution >= 0.6 is 22.9 Å². The number of rotatable bonds is 4. The molecule has 0 fully saturated rings. The lowest BCUT2D eigenvalue weighted by molar-refractivity contribution is 0.484. The Balaban J connectivity index is 1.78. The molecular formula is C10H10ClNOS. The fourth-order valence-electron chi connectivity index (χ4n) is 1.17. The summed E-state index contributed by atoms with van der Waals surface area (Å²) in [6.45, 7) is 1.57. The SMILES string of the molecule is Clc1ccc(CNCc2ccsc2)o1. The van der Waals surface area contributed by atoms with E-state index in [0.29, 0.717) is 11.8 Å². The topological polar surface area (TPSA) is 25.2 Å². The first-order valence-corrected chi connectivity index (χ1v) is 5.62. The maximum Gasteiger partial charge on any atom is 0.193 e. The molecule has 0 aliphatic rings. The third-order valence-corrected chi connectivity index (χ3v) is 2.77. The van der Waals surface area contributed by atoms with Crippen molar-refractivity contribution in [3.05, 3.63) is 45.5 Å². The first-order valence-electron chi connectivity index (χ1n) is 4.30. The summed E-state index contributed by atoms with van der Waals surface area (Å²) in [7, 11) is 0. The van der Waals surface area contributed by atoms with E-state index in [0.717, 1.165) is 12.3 Å². The maximum absolute atomic E-state index is 5.65. The summed E-state index contributed by atoms with van der Waals surface area (Å²) < 4.78 is 5.21. The molecule has 2 aromatic rings. The monoisotopic (exact) mass is 227 g/mol. The zero-order chi connectivity index (χ0) is 9.80. The Morgan fingerprint density at radius 3 is 2.86 bits per heavy atom. The van der Waals surface area contributed by atoms with Gasteiger partial charge in [0.1, 0.15) is 5.76 Å². The molecule has 0 aromatic carbocycles. The molecule has 0 saturated carbocycles. The smallest absolute Gasteiger partial charge is 0.193 e. The van der Waals surface area contributed by atoms with Crippen LogP contribution in [0.2, 0.25) is 5.22 Å². The molecule has 0 bridgehead atoms. The third-order valence-electron chi connectivity index (χ3n) is 1.84. The highest BCUT2D eigenvalue weighted by molar-refractivity contribution is 7.07. The predicted octanol–water partition coefficient (Wildman–Crippen LogP) is 3.28. The van der Waals surface area contributed by atoms with Gasteiger partial charge in [-0.2, -0.15) is 11.3 Å². The standard InChI is InChI=1S/C10H10ClNOS/c11-10-2-1-9(13-10)6-12-5-8-3-4-14-7-8/h1-4,7,12H,5-6H2. The average Bonchev–Trinajstić information content (AvgIpc) is 2.77. The van der Waals surface area contributed by atoms with Crippen LogP contribution in [0.5, 0.6) is 0 Å². The number of thiophene rings is 1. The number of furan rings is 1. The molecule has 1 N–H and O–H groups in total. The van der Waals surface area contributed by atoms with E-state index in [4.69, 9.17) is 16.0 Å². The third kappa shape index (κ3) is 2.61. The number of halogens is 1. The molecule has 0 saturated heterocycles.